The fourth-order valence-corrected chi connectivity index (χ4v) is 1.21. The molecule has 92 valence electrons. The molecule has 2 unspecified atom stereocenters. The van der Waals surface area contributed by atoms with Crippen molar-refractivity contribution >= 4 is 0 Å². The Bertz CT molecular complexity index is 463. The average molecular weight is 245 g/mol. The Labute approximate surface area is 94.4 Å². The summed E-state index contributed by atoms with van der Waals surface area (Å²) >= 11 is 0. The molecule has 0 heterocycles. The number of hydrogen-bond acceptors (Lipinski definition) is 4. The number of aliphatic hydroxyl groups is 2. The summed E-state index contributed by atoms with van der Waals surface area (Å²) in [4.78, 5) is 2.35. The molecule has 3 N–H and O–H groups in total. The molecular formula is C9H9F2N3O3. The minimum atomic E-state index is -1.75. The molecule has 0 saturated heterocycles. The third kappa shape index (κ3) is 2.82. The molecule has 1 rings (SSSR count). The van der Waals surface area contributed by atoms with Gasteiger partial charge >= 0.3 is 0 Å². The van der Waals surface area contributed by atoms with Crippen LogP contribution < -0.4 is 0 Å². The van der Waals surface area contributed by atoms with E-state index < -0.39 is 41.7 Å². The van der Waals surface area contributed by atoms with E-state index in [2.05, 4.69) is 10.0 Å². The van der Waals surface area contributed by atoms with Crippen LogP contribution in [0.5, 0.6) is 5.75 Å². The number of azide groups is 1. The molecule has 0 aliphatic rings. The highest BCUT2D eigenvalue weighted by Gasteiger charge is 2.24. The molecule has 0 aliphatic heterocycles. The van der Waals surface area contributed by atoms with Crippen molar-refractivity contribution in [2.24, 2.45) is 5.11 Å². The lowest BCUT2D eigenvalue weighted by Crippen LogP contribution is -2.22. The molecule has 17 heavy (non-hydrogen) atoms. The van der Waals surface area contributed by atoms with Gasteiger partial charge < -0.3 is 15.3 Å². The maximum absolute atomic E-state index is 13.3. The summed E-state index contributed by atoms with van der Waals surface area (Å²) in [5.74, 6) is -3.88. The van der Waals surface area contributed by atoms with Crippen LogP contribution in [0.25, 0.3) is 10.4 Å². The molecule has 0 aliphatic carbocycles. The normalized spacial score (nSPS) is 13.9. The standard InChI is InChI=1S/C9H9F2N3O3/c10-7-4(1-2-5(15)8(7)11)9(17)6(16)3-13-14-12/h1-2,6,9,15-17H,3H2. The van der Waals surface area contributed by atoms with Gasteiger partial charge in [0.15, 0.2) is 11.6 Å². The molecular weight excluding hydrogens is 236 g/mol. The third-order valence-electron chi connectivity index (χ3n) is 2.11. The Morgan fingerprint density at radius 2 is 1.94 bits per heavy atom. The molecule has 0 spiro atoms. The molecule has 1 aromatic carbocycles. The van der Waals surface area contributed by atoms with Gasteiger partial charge in [-0.3, -0.25) is 0 Å². The first-order valence-electron chi connectivity index (χ1n) is 4.53. The Hall–Kier alpha value is -1.89. The van der Waals surface area contributed by atoms with E-state index in [0.717, 1.165) is 12.1 Å². The van der Waals surface area contributed by atoms with Crippen LogP contribution in [0.15, 0.2) is 17.2 Å². The van der Waals surface area contributed by atoms with Crippen LogP contribution in [0, 0.1) is 11.6 Å². The van der Waals surface area contributed by atoms with E-state index >= 15 is 0 Å². The van der Waals surface area contributed by atoms with E-state index in [1.807, 2.05) is 0 Å². The van der Waals surface area contributed by atoms with Crippen molar-refractivity contribution in [3.8, 4) is 5.75 Å². The second-order valence-electron chi connectivity index (χ2n) is 3.23. The molecule has 1 aromatic rings. The van der Waals surface area contributed by atoms with Crippen molar-refractivity contribution in [2.75, 3.05) is 6.54 Å². The summed E-state index contributed by atoms with van der Waals surface area (Å²) < 4.78 is 26.3. The Balaban J connectivity index is 3.00. The van der Waals surface area contributed by atoms with Crippen LogP contribution in [-0.2, 0) is 0 Å². The van der Waals surface area contributed by atoms with Crippen molar-refractivity contribution in [2.45, 2.75) is 12.2 Å². The summed E-state index contributed by atoms with van der Waals surface area (Å²) in [6.07, 6.45) is -3.32. The zero-order chi connectivity index (χ0) is 13.0. The van der Waals surface area contributed by atoms with Crippen LogP contribution in [0.3, 0.4) is 0 Å². The average Bonchev–Trinajstić information content (AvgIpc) is 2.32. The monoisotopic (exact) mass is 245 g/mol. The van der Waals surface area contributed by atoms with Crippen LogP contribution in [0.1, 0.15) is 11.7 Å². The molecule has 8 heteroatoms. The first kappa shape index (κ1) is 13.2. The van der Waals surface area contributed by atoms with E-state index in [9.17, 15) is 19.0 Å². The highest BCUT2D eigenvalue weighted by Crippen LogP contribution is 2.27. The number of phenols is 1. The summed E-state index contributed by atoms with van der Waals surface area (Å²) in [5, 5.41) is 30.7. The van der Waals surface area contributed by atoms with Crippen molar-refractivity contribution in [3.63, 3.8) is 0 Å². The van der Waals surface area contributed by atoms with Gasteiger partial charge in [-0.1, -0.05) is 5.11 Å². The smallest absolute Gasteiger partial charge is 0.200 e. The Morgan fingerprint density at radius 1 is 1.29 bits per heavy atom. The summed E-state index contributed by atoms with van der Waals surface area (Å²) in [6.45, 7) is -0.487. The fourth-order valence-electron chi connectivity index (χ4n) is 1.21. The summed E-state index contributed by atoms with van der Waals surface area (Å²) in [7, 11) is 0. The molecule has 0 bridgehead atoms. The zero-order valence-electron chi connectivity index (χ0n) is 8.46. The Morgan fingerprint density at radius 3 is 2.53 bits per heavy atom. The van der Waals surface area contributed by atoms with Crippen molar-refractivity contribution in [1.82, 2.24) is 0 Å². The van der Waals surface area contributed by atoms with Crippen LogP contribution >= 0.6 is 0 Å². The first-order valence-corrected chi connectivity index (χ1v) is 4.53. The van der Waals surface area contributed by atoms with Crippen LogP contribution in [-0.4, -0.2) is 28.0 Å². The lowest BCUT2D eigenvalue weighted by atomic mass is 10.0. The maximum atomic E-state index is 13.3. The fraction of sp³-hybridized carbons (Fsp3) is 0.333. The molecule has 0 radical (unpaired) electrons. The van der Waals surface area contributed by atoms with Gasteiger partial charge in [0, 0.05) is 10.5 Å². The topological polar surface area (TPSA) is 109 Å². The van der Waals surface area contributed by atoms with Gasteiger partial charge in [-0.2, -0.15) is 4.39 Å². The third-order valence-corrected chi connectivity index (χ3v) is 2.11. The molecule has 0 aromatic heterocycles. The lowest BCUT2D eigenvalue weighted by Gasteiger charge is -2.17. The highest BCUT2D eigenvalue weighted by atomic mass is 19.2. The molecule has 6 nitrogen and oxygen atoms in total. The summed E-state index contributed by atoms with van der Waals surface area (Å²) in [6, 6.07) is 1.77. The number of nitrogens with zero attached hydrogens (tertiary/aromatic N) is 3. The van der Waals surface area contributed by atoms with Crippen molar-refractivity contribution in [1.29, 1.82) is 0 Å². The van der Waals surface area contributed by atoms with E-state index in [0.29, 0.717) is 0 Å². The number of benzene rings is 1. The van der Waals surface area contributed by atoms with Crippen LogP contribution in [0.2, 0.25) is 0 Å². The second kappa shape index (κ2) is 5.44. The van der Waals surface area contributed by atoms with Gasteiger partial charge in [0.1, 0.15) is 6.10 Å². The quantitative estimate of drug-likeness (QED) is 0.423. The number of rotatable bonds is 4. The number of aromatic hydroxyl groups is 1. The van der Waals surface area contributed by atoms with Gasteiger partial charge in [0.2, 0.25) is 5.82 Å². The van der Waals surface area contributed by atoms with Crippen molar-refractivity contribution < 1.29 is 24.1 Å². The Kier molecular flexibility index (Phi) is 4.22. The number of halogens is 2. The summed E-state index contributed by atoms with van der Waals surface area (Å²) in [5.41, 5.74) is 7.47. The zero-order valence-corrected chi connectivity index (χ0v) is 8.46. The molecule has 0 fully saturated rings. The number of phenolic OH excluding ortho intramolecular Hbond substituents is 1. The second-order valence-corrected chi connectivity index (χ2v) is 3.23. The van der Waals surface area contributed by atoms with E-state index in [1.54, 1.807) is 0 Å². The molecule has 2 atom stereocenters. The lowest BCUT2D eigenvalue weighted by molar-refractivity contribution is 0.0218. The maximum Gasteiger partial charge on any atom is 0.200 e. The number of aliphatic hydroxyl groups excluding tert-OH is 2. The SMILES string of the molecule is [N-]=[N+]=NCC(O)C(O)c1ccc(O)c(F)c1F. The van der Waals surface area contributed by atoms with Crippen LogP contribution in [0.4, 0.5) is 8.78 Å². The van der Waals surface area contributed by atoms with Gasteiger partial charge in [0.05, 0.1) is 12.6 Å². The van der Waals surface area contributed by atoms with E-state index in [4.69, 9.17) is 10.6 Å². The number of hydrogen-bond donors (Lipinski definition) is 3. The van der Waals surface area contributed by atoms with Crippen molar-refractivity contribution in [3.05, 3.63) is 39.8 Å². The van der Waals surface area contributed by atoms with E-state index in [-0.39, 0.29) is 0 Å². The van der Waals surface area contributed by atoms with Gasteiger partial charge in [-0.25, -0.2) is 4.39 Å². The van der Waals surface area contributed by atoms with Gasteiger partial charge in [-0.05, 0) is 17.7 Å². The molecule has 0 saturated carbocycles. The minimum absolute atomic E-state index is 0.487. The molecule has 0 amide bonds. The van der Waals surface area contributed by atoms with Gasteiger partial charge in [-0.15, -0.1) is 0 Å². The van der Waals surface area contributed by atoms with E-state index in [1.165, 1.54) is 0 Å². The highest BCUT2D eigenvalue weighted by molar-refractivity contribution is 5.31. The van der Waals surface area contributed by atoms with Gasteiger partial charge in [0.25, 0.3) is 0 Å². The first-order chi connectivity index (χ1) is 7.99. The predicted octanol–water partition coefficient (Wildman–Crippen LogP) is 1.38. The largest absolute Gasteiger partial charge is 0.505 e. The minimum Gasteiger partial charge on any atom is -0.505 e. The predicted molar refractivity (Wildman–Crippen MR) is 53.0 cm³/mol.